The van der Waals surface area contributed by atoms with E-state index in [0.717, 1.165) is 25.8 Å². The highest BCUT2D eigenvalue weighted by Crippen LogP contribution is 2.14. The number of aliphatic hydroxyl groups is 1. The Kier molecular flexibility index (Phi) is 5.37. The third kappa shape index (κ3) is 4.91. The number of hydrogen-bond acceptors (Lipinski definition) is 5. The standard InChI is InChI=1S/C11H24N2O3S/c1-2-11(12,10-14)4-3-5-13-6-8-17(15,16)9-7-13/h14H,2-10,12H2,1H3. The van der Waals surface area contributed by atoms with Crippen molar-refractivity contribution in [3.05, 3.63) is 0 Å². The average Bonchev–Trinajstić information content (AvgIpc) is 2.31. The van der Waals surface area contributed by atoms with Crippen molar-refractivity contribution < 1.29 is 13.5 Å². The predicted molar refractivity (Wildman–Crippen MR) is 68.6 cm³/mol. The average molecular weight is 264 g/mol. The van der Waals surface area contributed by atoms with Crippen molar-refractivity contribution in [3.8, 4) is 0 Å². The minimum Gasteiger partial charge on any atom is -0.394 e. The summed E-state index contributed by atoms with van der Waals surface area (Å²) in [7, 11) is -2.78. The van der Waals surface area contributed by atoms with Gasteiger partial charge in [0.15, 0.2) is 9.84 Å². The lowest BCUT2D eigenvalue weighted by atomic mass is 9.92. The maximum Gasteiger partial charge on any atom is 0.152 e. The zero-order valence-corrected chi connectivity index (χ0v) is 11.4. The normalized spacial score (nSPS) is 24.4. The van der Waals surface area contributed by atoms with Gasteiger partial charge in [0.1, 0.15) is 0 Å². The van der Waals surface area contributed by atoms with Crippen LogP contribution in [0.4, 0.5) is 0 Å². The van der Waals surface area contributed by atoms with Crippen LogP contribution in [0.1, 0.15) is 26.2 Å². The van der Waals surface area contributed by atoms with Gasteiger partial charge < -0.3 is 15.7 Å². The number of nitrogens with zero attached hydrogens (tertiary/aromatic N) is 1. The largest absolute Gasteiger partial charge is 0.394 e. The Bertz CT molecular complexity index is 312. The van der Waals surface area contributed by atoms with E-state index in [1.807, 2.05) is 6.92 Å². The third-order valence-corrected chi connectivity index (χ3v) is 5.21. The Labute approximate surface area is 104 Å². The second-order valence-corrected chi connectivity index (χ2v) is 7.27. The number of rotatable bonds is 6. The molecule has 1 rings (SSSR count). The minimum absolute atomic E-state index is 0.0118. The van der Waals surface area contributed by atoms with E-state index < -0.39 is 15.4 Å². The molecule has 0 amide bonds. The van der Waals surface area contributed by atoms with Gasteiger partial charge in [-0.1, -0.05) is 6.92 Å². The molecule has 0 aliphatic carbocycles. The highest BCUT2D eigenvalue weighted by Gasteiger charge is 2.24. The summed E-state index contributed by atoms with van der Waals surface area (Å²) >= 11 is 0. The molecule has 0 aromatic heterocycles. The van der Waals surface area contributed by atoms with Gasteiger partial charge in [0.25, 0.3) is 0 Å². The Morgan fingerprint density at radius 1 is 1.35 bits per heavy atom. The lowest BCUT2D eigenvalue weighted by Crippen LogP contribution is -2.45. The van der Waals surface area contributed by atoms with E-state index >= 15 is 0 Å². The van der Waals surface area contributed by atoms with E-state index in [4.69, 9.17) is 5.73 Å². The van der Waals surface area contributed by atoms with Gasteiger partial charge in [0.05, 0.1) is 18.1 Å². The van der Waals surface area contributed by atoms with Crippen LogP contribution in [-0.2, 0) is 9.84 Å². The first-order valence-electron chi connectivity index (χ1n) is 6.23. The van der Waals surface area contributed by atoms with Crippen LogP contribution in [0.2, 0.25) is 0 Å². The van der Waals surface area contributed by atoms with Crippen LogP contribution in [0, 0.1) is 0 Å². The Hall–Kier alpha value is -0.170. The van der Waals surface area contributed by atoms with Crippen molar-refractivity contribution in [3.63, 3.8) is 0 Å². The van der Waals surface area contributed by atoms with Crippen molar-refractivity contribution >= 4 is 9.84 Å². The second-order valence-electron chi connectivity index (χ2n) is 4.97. The van der Waals surface area contributed by atoms with Crippen LogP contribution < -0.4 is 5.73 Å². The van der Waals surface area contributed by atoms with Gasteiger partial charge in [-0.25, -0.2) is 8.42 Å². The molecule has 3 N–H and O–H groups in total. The first-order chi connectivity index (χ1) is 7.91. The third-order valence-electron chi connectivity index (χ3n) is 3.61. The van der Waals surface area contributed by atoms with Crippen molar-refractivity contribution in [2.75, 3.05) is 37.7 Å². The summed E-state index contributed by atoms with van der Waals surface area (Å²) in [6.45, 7) is 4.12. The van der Waals surface area contributed by atoms with Crippen molar-refractivity contribution in [1.82, 2.24) is 4.90 Å². The van der Waals surface area contributed by atoms with Gasteiger partial charge in [-0.3, -0.25) is 0 Å². The Morgan fingerprint density at radius 3 is 2.41 bits per heavy atom. The van der Waals surface area contributed by atoms with E-state index in [1.165, 1.54) is 0 Å². The molecule has 1 aliphatic heterocycles. The SMILES string of the molecule is CCC(N)(CO)CCCN1CCS(=O)(=O)CC1. The van der Waals surface area contributed by atoms with Gasteiger partial charge in [0, 0.05) is 18.6 Å². The molecule has 5 nitrogen and oxygen atoms in total. The summed E-state index contributed by atoms with van der Waals surface area (Å²) in [5.41, 5.74) is 5.52. The Morgan fingerprint density at radius 2 is 1.94 bits per heavy atom. The van der Waals surface area contributed by atoms with Crippen LogP contribution in [0.3, 0.4) is 0 Å². The van der Waals surface area contributed by atoms with E-state index in [-0.39, 0.29) is 18.1 Å². The molecule has 0 radical (unpaired) electrons. The number of sulfone groups is 1. The molecule has 17 heavy (non-hydrogen) atoms. The van der Waals surface area contributed by atoms with E-state index in [2.05, 4.69) is 4.90 Å². The highest BCUT2D eigenvalue weighted by atomic mass is 32.2. The molecule has 1 aliphatic rings. The zero-order valence-electron chi connectivity index (χ0n) is 10.6. The van der Waals surface area contributed by atoms with Crippen LogP contribution in [-0.4, -0.2) is 61.7 Å². The first-order valence-corrected chi connectivity index (χ1v) is 8.05. The molecule has 1 heterocycles. The summed E-state index contributed by atoms with van der Waals surface area (Å²) < 4.78 is 22.5. The summed E-state index contributed by atoms with van der Waals surface area (Å²) in [5, 5.41) is 9.17. The van der Waals surface area contributed by atoms with Gasteiger partial charge in [-0.05, 0) is 25.8 Å². The fourth-order valence-electron chi connectivity index (χ4n) is 2.00. The minimum atomic E-state index is -2.78. The molecule has 1 unspecified atom stereocenters. The second kappa shape index (κ2) is 6.13. The topological polar surface area (TPSA) is 83.6 Å². The van der Waals surface area contributed by atoms with Crippen LogP contribution in [0.25, 0.3) is 0 Å². The quantitative estimate of drug-likeness (QED) is 0.682. The molecule has 0 bridgehead atoms. The molecule has 1 fully saturated rings. The van der Waals surface area contributed by atoms with E-state index in [9.17, 15) is 13.5 Å². The van der Waals surface area contributed by atoms with Crippen LogP contribution >= 0.6 is 0 Å². The zero-order chi connectivity index (χ0) is 12.9. The van der Waals surface area contributed by atoms with Crippen LogP contribution in [0.5, 0.6) is 0 Å². The number of hydrogen-bond donors (Lipinski definition) is 2. The van der Waals surface area contributed by atoms with Crippen LogP contribution in [0.15, 0.2) is 0 Å². The molecule has 1 atom stereocenters. The Balaban J connectivity index is 2.24. The highest BCUT2D eigenvalue weighted by molar-refractivity contribution is 7.91. The maximum absolute atomic E-state index is 11.2. The monoisotopic (exact) mass is 264 g/mol. The molecule has 1 saturated heterocycles. The van der Waals surface area contributed by atoms with Gasteiger partial charge >= 0.3 is 0 Å². The summed E-state index contributed by atoms with van der Waals surface area (Å²) in [6, 6.07) is 0. The fraction of sp³-hybridized carbons (Fsp3) is 1.00. The van der Waals surface area contributed by atoms with Gasteiger partial charge in [-0.2, -0.15) is 0 Å². The first kappa shape index (κ1) is 14.9. The van der Waals surface area contributed by atoms with E-state index in [0.29, 0.717) is 13.1 Å². The molecule has 0 saturated carbocycles. The molecular formula is C11H24N2O3S. The van der Waals surface area contributed by atoms with Crippen molar-refractivity contribution in [2.24, 2.45) is 5.73 Å². The van der Waals surface area contributed by atoms with Gasteiger partial charge in [-0.15, -0.1) is 0 Å². The molecule has 0 aromatic carbocycles. The summed E-state index contributed by atoms with van der Waals surface area (Å²) in [6.07, 6.45) is 2.45. The summed E-state index contributed by atoms with van der Waals surface area (Å²) in [5.74, 6) is 0.545. The van der Waals surface area contributed by atoms with E-state index in [1.54, 1.807) is 0 Å². The molecule has 102 valence electrons. The number of nitrogens with two attached hydrogens (primary N) is 1. The lowest BCUT2D eigenvalue weighted by molar-refractivity contribution is 0.173. The van der Waals surface area contributed by atoms with Crippen molar-refractivity contribution in [2.45, 2.75) is 31.7 Å². The molecular weight excluding hydrogens is 240 g/mol. The molecule has 0 aromatic rings. The van der Waals surface area contributed by atoms with Gasteiger partial charge in [0.2, 0.25) is 0 Å². The molecule has 6 heteroatoms. The fourth-order valence-corrected chi connectivity index (χ4v) is 3.27. The summed E-state index contributed by atoms with van der Waals surface area (Å²) in [4.78, 5) is 2.16. The lowest BCUT2D eigenvalue weighted by Gasteiger charge is -2.29. The smallest absolute Gasteiger partial charge is 0.152 e. The predicted octanol–water partition coefficient (Wildman–Crippen LogP) is -0.403. The van der Waals surface area contributed by atoms with Crippen molar-refractivity contribution in [1.29, 1.82) is 0 Å². The number of aliphatic hydroxyl groups excluding tert-OH is 1. The molecule has 0 spiro atoms. The maximum atomic E-state index is 11.2.